The van der Waals surface area contributed by atoms with Gasteiger partial charge >= 0.3 is 0 Å². The molecule has 0 bridgehead atoms. The molecule has 0 aliphatic heterocycles. The van der Waals surface area contributed by atoms with Crippen LogP contribution in [-0.4, -0.2) is 5.11 Å². The molecule has 0 radical (unpaired) electrons. The smallest absolute Gasteiger partial charge is 0.122 e. The molecule has 0 fully saturated rings. The first-order valence-electron chi connectivity index (χ1n) is 8.29. The fraction of sp³-hybridized carbons (Fsp3) is 0.182. The Balaban J connectivity index is 1.88. The van der Waals surface area contributed by atoms with E-state index in [4.69, 9.17) is 5.73 Å². The molecule has 0 saturated carbocycles. The zero-order chi connectivity index (χ0) is 16.9. The SMILES string of the molecule is Cc1ccc(Cc2ccccc2)c(O)c1Cc1ccc(CN)cc1. The van der Waals surface area contributed by atoms with Crippen LogP contribution in [0, 0.1) is 6.92 Å². The minimum atomic E-state index is 0.418. The normalized spacial score (nSPS) is 10.8. The van der Waals surface area contributed by atoms with Crippen molar-refractivity contribution in [3.8, 4) is 5.75 Å². The van der Waals surface area contributed by atoms with Crippen LogP contribution in [0.5, 0.6) is 5.75 Å². The van der Waals surface area contributed by atoms with Gasteiger partial charge < -0.3 is 10.8 Å². The average molecular weight is 317 g/mol. The Morgan fingerprint density at radius 2 is 1.38 bits per heavy atom. The molecule has 0 aliphatic carbocycles. The molecule has 0 spiro atoms. The van der Waals surface area contributed by atoms with Gasteiger partial charge in [0, 0.05) is 24.9 Å². The number of phenolic OH excluding ortho intramolecular Hbond substituents is 1. The van der Waals surface area contributed by atoms with Crippen LogP contribution < -0.4 is 5.73 Å². The number of aromatic hydroxyl groups is 1. The number of nitrogens with two attached hydrogens (primary N) is 1. The molecule has 3 rings (SSSR count). The summed E-state index contributed by atoms with van der Waals surface area (Å²) in [5, 5.41) is 10.8. The highest BCUT2D eigenvalue weighted by atomic mass is 16.3. The van der Waals surface area contributed by atoms with Gasteiger partial charge in [-0.1, -0.05) is 66.7 Å². The van der Waals surface area contributed by atoms with E-state index in [9.17, 15) is 5.11 Å². The zero-order valence-electron chi connectivity index (χ0n) is 14.0. The first-order chi connectivity index (χ1) is 11.7. The van der Waals surface area contributed by atoms with Crippen molar-refractivity contribution < 1.29 is 5.11 Å². The maximum Gasteiger partial charge on any atom is 0.122 e. The first-order valence-corrected chi connectivity index (χ1v) is 8.29. The van der Waals surface area contributed by atoms with Crippen LogP contribution in [0.15, 0.2) is 66.7 Å². The predicted octanol–water partition coefficient (Wildman–Crippen LogP) is 4.34. The fourth-order valence-electron chi connectivity index (χ4n) is 2.96. The summed E-state index contributed by atoms with van der Waals surface area (Å²) in [6.45, 7) is 2.60. The number of hydrogen-bond acceptors (Lipinski definition) is 2. The molecule has 2 nitrogen and oxygen atoms in total. The second-order valence-corrected chi connectivity index (χ2v) is 6.23. The average Bonchev–Trinajstić information content (AvgIpc) is 2.62. The van der Waals surface area contributed by atoms with Gasteiger partial charge in [-0.15, -0.1) is 0 Å². The number of aryl methyl sites for hydroxylation is 1. The van der Waals surface area contributed by atoms with E-state index in [-0.39, 0.29) is 0 Å². The summed E-state index contributed by atoms with van der Waals surface area (Å²) in [6, 6.07) is 22.6. The summed E-state index contributed by atoms with van der Waals surface area (Å²) in [6.07, 6.45) is 1.47. The summed E-state index contributed by atoms with van der Waals surface area (Å²) in [5.41, 5.74) is 12.3. The maximum absolute atomic E-state index is 10.8. The molecule has 0 saturated heterocycles. The van der Waals surface area contributed by atoms with Crippen molar-refractivity contribution in [1.29, 1.82) is 0 Å². The van der Waals surface area contributed by atoms with Crippen molar-refractivity contribution in [3.63, 3.8) is 0 Å². The summed E-state index contributed by atoms with van der Waals surface area (Å²) in [5.74, 6) is 0.418. The van der Waals surface area contributed by atoms with Gasteiger partial charge in [-0.05, 0) is 34.7 Å². The lowest BCUT2D eigenvalue weighted by atomic mass is 9.94. The molecule has 0 atom stereocenters. The fourth-order valence-corrected chi connectivity index (χ4v) is 2.96. The molecule has 0 unspecified atom stereocenters. The van der Waals surface area contributed by atoms with Crippen molar-refractivity contribution in [2.75, 3.05) is 0 Å². The standard InChI is InChI=1S/C22H23NO/c1-16-7-12-20(13-17-5-3-2-4-6-17)22(24)21(16)14-18-8-10-19(15-23)11-9-18/h2-12,24H,13-15,23H2,1H3. The lowest BCUT2D eigenvalue weighted by Crippen LogP contribution is -1.99. The van der Waals surface area contributed by atoms with E-state index >= 15 is 0 Å². The molecule has 0 aromatic heterocycles. The van der Waals surface area contributed by atoms with E-state index in [1.54, 1.807) is 0 Å². The van der Waals surface area contributed by atoms with E-state index in [1.165, 1.54) is 11.1 Å². The summed E-state index contributed by atoms with van der Waals surface area (Å²) in [7, 11) is 0. The molecule has 122 valence electrons. The number of phenols is 1. The monoisotopic (exact) mass is 317 g/mol. The summed E-state index contributed by atoms with van der Waals surface area (Å²) >= 11 is 0. The molecule has 24 heavy (non-hydrogen) atoms. The second-order valence-electron chi connectivity index (χ2n) is 6.23. The third-order valence-corrected chi connectivity index (χ3v) is 4.48. The Hall–Kier alpha value is -2.58. The van der Waals surface area contributed by atoms with Crippen LogP contribution in [0.3, 0.4) is 0 Å². The Kier molecular flexibility index (Phi) is 4.97. The van der Waals surface area contributed by atoms with E-state index in [1.807, 2.05) is 24.3 Å². The summed E-state index contributed by atoms with van der Waals surface area (Å²) < 4.78 is 0. The zero-order valence-corrected chi connectivity index (χ0v) is 14.0. The Morgan fingerprint density at radius 1 is 0.750 bits per heavy atom. The number of rotatable bonds is 5. The first kappa shape index (κ1) is 16.3. The molecule has 2 heteroatoms. The van der Waals surface area contributed by atoms with Crippen molar-refractivity contribution in [3.05, 3.63) is 100 Å². The van der Waals surface area contributed by atoms with E-state index in [2.05, 4.69) is 49.4 Å². The Morgan fingerprint density at radius 3 is 2.04 bits per heavy atom. The van der Waals surface area contributed by atoms with Crippen LogP contribution in [0.2, 0.25) is 0 Å². The molecule has 3 N–H and O–H groups in total. The lowest BCUT2D eigenvalue weighted by Gasteiger charge is -2.13. The summed E-state index contributed by atoms with van der Waals surface area (Å²) in [4.78, 5) is 0. The molecule has 0 heterocycles. The van der Waals surface area contributed by atoms with Gasteiger partial charge in [0.05, 0.1) is 0 Å². The maximum atomic E-state index is 10.8. The molecule has 3 aromatic rings. The molecular weight excluding hydrogens is 294 g/mol. The van der Waals surface area contributed by atoms with Crippen LogP contribution in [0.1, 0.15) is 33.4 Å². The van der Waals surface area contributed by atoms with E-state index < -0.39 is 0 Å². The highest BCUT2D eigenvalue weighted by Crippen LogP contribution is 2.30. The number of benzene rings is 3. The van der Waals surface area contributed by atoms with Crippen LogP contribution in [0.25, 0.3) is 0 Å². The van der Waals surface area contributed by atoms with Gasteiger partial charge in [0.2, 0.25) is 0 Å². The lowest BCUT2D eigenvalue weighted by molar-refractivity contribution is 0.463. The highest BCUT2D eigenvalue weighted by molar-refractivity contribution is 5.49. The van der Waals surface area contributed by atoms with Crippen LogP contribution in [-0.2, 0) is 19.4 Å². The van der Waals surface area contributed by atoms with Crippen LogP contribution >= 0.6 is 0 Å². The second kappa shape index (κ2) is 7.33. The largest absolute Gasteiger partial charge is 0.507 e. The highest BCUT2D eigenvalue weighted by Gasteiger charge is 2.11. The molecule has 3 aromatic carbocycles. The third-order valence-electron chi connectivity index (χ3n) is 4.48. The quantitative estimate of drug-likeness (QED) is 0.735. The minimum absolute atomic E-state index is 0.418. The van der Waals surface area contributed by atoms with Crippen molar-refractivity contribution >= 4 is 0 Å². The van der Waals surface area contributed by atoms with Gasteiger partial charge in [0.1, 0.15) is 5.75 Å². The van der Waals surface area contributed by atoms with Crippen molar-refractivity contribution in [2.24, 2.45) is 5.73 Å². The Bertz CT molecular complexity index is 807. The van der Waals surface area contributed by atoms with E-state index in [0.29, 0.717) is 12.3 Å². The van der Waals surface area contributed by atoms with Crippen molar-refractivity contribution in [1.82, 2.24) is 0 Å². The van der Waals surface area contributed by atoms with Gasteiger partial charge in [0.15, 0.2) is 0 Å². The van der Waals surface area contributed by atoms with E-state index in [0.717, 1.165) is 35.1 Å². The predicted molar refractivity (Wildman–Crippen MR) is 99.2 cm³/mol. The molecular formula is C22H23NO. The van der Waals surface area contributed by atoms with Gasteiger partial charge in [-0.25, -0.2) is 0 Å². The van der Waals surface area contributed by atoms with Gasteiger partial charge in [0.25, 0.3) is 0 Å². The van der Waals surface area contributed by atoms with Crippen LogP contribution in [0.4, 0.5) is 0 Å². The minimum Gasteiger partial charge on any atom is -0.507 e. The number of hydrogen-bond donors (Lipinski definition) is 2. The topological polar surface area (TPSA) is 46.2 Å². The molecule has 0 aliphatic rings. The Labute approximate surface area is 143 Å². The molecule has 0 amide bonds. The third kappa shape index (κ3) is 3.66. The van der Waals surface area contributed by atoms with Crippen molar-refractivity contribution in [2.45, 2.75) is 26.3 Å². The van der Waals surface area contributed by atoms with Gasteiger partial charge in [-0.2, -0.15) is 0 Å². The van der Waals surface area contributed by atoms with Gasteiger partial charge in [-0.3, -0.25) is 0 Å².